The van der Waals surface area contributed by atoms with Gasteiger partial charge >= 0.3 is 7.48 Å². The number of para-hydroxylation sites is 2. The second kappa shape index (κ2) is 22.2. The van der Waals surface area contributed by atoms with Crippen LogP contribution in [0.1, 0.15) is 48.7 Å². The zero-order valence-corrected chi connectivity index (χ0v) is 36.4. The Bertz CT molecular complexity index is 2790. The van der Waals surface area contributed by atoms with Crippen molar-refractivity contribution in [2.24, 2.45) is 11.5 Å². The third kappa shape index (κ3) is 11.0. The highest BCUT2D eigenvalue weighted by Gasteiger charge is 2.18. The number of fused-ring (bicyclic) bond motifs is 2. The number of rotatable bonds is 6. The SMILES string of the molecule is C[C@H](N)c1cc2cccc(Cl)c2c(=O)n1-c1ccccc1.Cc1cc(-c2cccc3cc([C@H](C)N)n(-c4ccccc4)c(=O)c23)ccn1.Cc1cc([B]O)ccn1.O.S.S. The molecule has 0 fully saturated rings. The van der Waals surface area contributed by atoms with Crippen molar-refractivity contribution >= 4 is 73.1 Å². The molecule has 7 N–H and O–H groups in total. The molecule has 8 rings (SSSR count). The Morgan fingerprint density at radius 3 is 1.55 bits per heavy atom. The number of halogens is 1. The van der Waals surface area contributed by atoms with Gasteiger partial charge < -0.3 is 22.0 Å². The van der Waals surface area contributed by atoms with Gasteiger partial charge in [-0.15, -0.1) is 0 Å². The fourth-order valence-corrected chi connectivity index (χ4v) is 6.94. The lowest BCUT2D eigenvalue weighted by Crippen LogP contribution is -2.26. The van der Waals surface area contributed by atoms with Gasteiger partial charge in [-0.2, -0.15) is 27.0 Å². The van der Waals surface area contributed by atoms with Crippen LogP contribution in [-0.4, -0.2) is 37.1 Å². The highest BCUT2D eigenvalue weighted by atomic mass is 35.5. The topological polar surface area (TPSA) is 174 Å². The van der Waals surface area contributed by atoms with Crippen LogP contribution in [0.25, 0.3) is 44.0 Å². The number of pyridine rings is 4. The fraction of sp³-hybridized carbons (Fsp3) is 0.130. The molecule has 0 aliphatic rings. The second-order valence-electron chi connectivity index (χ2n) is 13.7. The molecule has 0 saturated heterocycles. The van der Waals surface area contributed by atoms with Gasteiger partial charge in [0.2, 0.25) is 0 Å². The monoisotopic (exact) mass is 859 g/mol. The van der Waals surface area contributed by atoms with E-state index in [1.165, 1.54) is 0 Å². The standard InChI is InChI=1S/C23H21N3O.C17H15ClN2O.C6H7BNO.H2O.2H2S/c1-15-13-17(11-12-25-15)20-10-6-7-18-14-21(16(2)24)26(23(27)22(18)20)19-8-4-3-5-9-19;1-11(19)15-10-12-6-5-9-14(18)16(12)17(21)20(15)13-7-3-2-4-8-13;1-5-4-6(7-9)2-3-8-5;;;/h3-14,16H,24H2,1-2H3;2-11H,19H2,1H3;2-4,9H,1H3;3*1H2/t16-;11-;;;;/m00..../s1. The zero-order chi connectivity index (χ0) is 40.6. The van der Waals surface area contributed by atoms with Crippen LogP contribution >= 0.6 is 38.6 Å². The summed E-state index contributed by atoms with van der Waals surface area (Å²) in [5.74, 6) is 0. The van der Waals surface area contributed by atoms with Crippen molar-refractivity contribution in [3.63, 3.8) is 0 Å². The van der Waals surface area contributed by atoms with Crippen molar-refractivity contribution in [2.45, 2.75) is 39.8 Å². The van der Waals surface area contributed by atoms with Crippen LogP contribution in [0.4, 0.5) is 0 Å². The number of aromatic nitrogens is 4. The number of nitrogens with zero attached hydrogens (tertiary/aromatic N) is 4. The maximum Gasteiger partial charge on any atom is 0.326 e. The predicted molar refractivity (Wildman–Crippen MR) is 258 cm³/mol. The number of hydrogen-bond donors (Lipinski definition) is 3. The molecule has 1 radical (unpaired) electrons. The maximum absolute atomic E-state index is 13.6. The molecule has 4 aromatic carbocycles. The van der Waals surface area contributed by atoms with Gasteiger partial charge in [0.05, 0.1) is 15.8 Å². The highest BCUT2D eigenvalue weighted by Crippen LogP contribution is 2.29. The number of aryl methyl sites for hydroxylation is 2. The molecule has 0 aliphatic carbocycles. The average molecular weight is 860 g/mol. The van der Waals surface area contributed by atoms with Crippen molar-refractivity contribution in [3.8, 4) is 22.5 Å². The molecule has 0 unspecified atom stereocenters. The summed E-state index contributed by atoms with van der Waals surface area (Å²) in [4.78, 5) is 34.8. The van der Waals surface area contributed by atoms with E-state index in [9.17, 15) is 9.59 Å². The molecule has 4 heterocycles. The summed E-state index contributed by atoms with van der Waals surface area (Å²) in [5.41, 5.74) is 19.7. The molecule has 60 heavy (non-hydrogen) atoms. The summed E-state index contributed by atoms with van der Waals surface area (Å²) in [7, 11) is 1.06. The van der Waals surface area contributed by atoms with E-state index in [-0.39, 0.29) is 55.7 Å². The second-order valence-corrected chi connectivity index (χ2v) is 14.1. The number of hydrogen-bond acceptors (Lipinski definition) is 7. The summed E-state index contributed by atoms with van der Waals surface area (Å²) in [6.07, 6.45) is 3.44. The molecular weight excluding hydrogens is 811 g/mol. The van der Waals surface area contributed by atoms with Crippen molar-refractivity contribution in [1.29, 1.82) is 0 Å². The van der Waals surface area contributed by atoms with E-state index >= 15 is 0 Å². The quantitative estimate of drug-likeness (QED) is 0.150. The molecule has 4 aromatic heterocycles. The zero-order valence-electron chi connectivity index (χ0n) is 33.7. The van der Waals surface area contributed by atoms with Crippen LogP contribution in [0.2, 0.25) is 5.02 Å². The van der Waals surface area contributed by atoms with Gasteiger partial charge in [-0.1, -0.05) is 83.8 Å². The molecule has 0 spiro atoms. The molecular formula is C46H49BClN6O4S2. The predicted octanol–water partition coefficient (Wildman–Crippen LogP) is 7.07. The van der Waals surface area contributed by atoms with Crippen LogP contribution in [0.15, 0.2) is 155 Å². The average Bonchev–Trinajstić information content (AvgIpc) is 3.21. The van der Waals surface area contributed by atoms with Gasteiger partial charge in [-0.25, -0.2) is 0 Å². The van der Waals surface area contributed by atoms with E-state index in [2.05, 4.69) is 9.97 Å². The van der Waals surface area contributed by atoms with E-state index in [0.717, 1.165) is 69.0 Å². The largest absolute Gasteiger partial charge is 0.450 e. The van der Waals surface area contributed by atoms with Crippen molar-refractivity contribution < 1.29 is 10.5 Å². The van der Waals surface area contributed by atoms with Gasteiger partial charge in [0, 0.05) is 58.6 Å². The smallest absolute Gasteiger partial charge is 0.326 e. The summed E-state index contributed by atoms with van der Waals surface area (Å²) in [6, 6.07) is 41.4. The van der Waals surface area contributed by atoms with Crippen molar-refractivity contribution in [3.05, 3.63) is 194 Å². The van der Waals surface area contributed by atoms with Crippen molar-refractivity contribution in [1.82, 2.24) is 19.1 Å². The third-order valence-corrected chi connectivity index (χ3v) is 9.65. The first-order valence-electron chi connectivity index (χ1n) is 18.5. The van der Waals surface area contributed by atoms with Crippen LogP contribution in [0, 0.1) is 13.8 Å². The van der Waals surface area contributed by atoms with Gasteiger partial charge in [-0.3, -0.25) is 28.7 Å². The lowest BCUT2D eigenvalue weighted by molar-refractivity contribution is 0.615. The minimum atomic E-state index is -0.269. The Balaban J connectivity index is 0.000000260. The minimum absolute atomic E-state index is 0. The van der Waals surface area contributed by atoms with E-state index in [0.29, 0.717) is 15.8 Å². The van der Waals surface area contributed by atoms with Gasteiger partial charge in [0.1, 0.15) is 0 Å². The first-order chi connectivity index (χ1) is 27.5. The van der Waals surface area contributed by atoms with Crippen molar-refractivity contribution in [2.75, 3.05) is 0 Å². The summed E-state index contributed by atoms with van der Waals surface area (Å²) in [6.45, 7) is 7.60. The normalized spacial score (nSPS) is 11.3. The number of nitrogens with two attached hydrogens (primary N) is 2. The first kappa shape index (κ1) is 48.9. The maximum atomic E-state index is 13.6. The molecule has 0 amide bonds. The lowest BCUT2D eigenvalue weighted by Gasteiger charge is -2.18. The molecule has 309 valence electrons. The van der Waals surface area contributed by atoms with Gasteiger partial charge in [0.25, 0.3) is 11.1 Å². The molecule has 10 nitrogen and oxygen atoms in total. The van der Waals surface area contributed by atoms with Gasteiger partial charge in [0.15, 0.2) is 0 Å². The molecule has 0 aliphatic heterocycles. The van der Waals surface area contributed by atoms with Crippen LogP contribution < -0.4 is 28.0 Å². The van der Waals surface area contributed by atoms with Crippen LogP contribution in [0.5, 0.6) is 0 Å². The van der Waals surface area contributed by atoms with Crippen LogP contribution in [-0.2, 0) is 0 Å². The summed E-state index contributed by atoms with van der Waals surface area (Å²) < 4.78 is 3.36. The molecule has 8 aromatic rings. The Kier molecular flexibility index (Phi) is 18.1. The Morgan fingerprint density at radius 2 is 1.08 bits per heavy atom. The Morgan fingerprint density at radius 1 is 0.617 bits per heavy atom. The van der Waals surface area contributed by atoms with Crippen LogP contribution in [0.3, 0.4) is 0 Å². The first-order valence-corrected chi connectivity index (χ1v) is 18.8. The highest BCUT2D eigenvalue weighted by molar-refractivity contribution is 7.59. The minimum Gasteiger partial charge on any atom is -0.450 e. The van der Waals surface area contributed by atoms with E-state index in [4.69, 9.17) is 28.1 Å². The third-order valence-electron chi connectivity index (χ3n) is 9.34. The molecule has 0 bridgehead atoms. The fourth-order valence-electron chi connectivity index (χ4n) is 6.68. The molecule has 2 atom stereocenters. The molecule has 14 heteroatoms. The van der Waals surface area contributed by atoms with E-state index < -0.39 is 0 Å². The van der Waals surface area contributed by atoms with E-state index in [1.54, 1.807) is 39.7 Å². The summed E-state index contributed by atoms with van der Waals surface area (Å²) >= 11 is 6.21. The van der Waals surface area contributed by atoms with Gasteiger partial charge in [-0.05, 0) is 116 Å². The summed E-state index contributed by atoms with van der Waals surface area (Å²) in [5, 5.41) is 11.9. The number of benzene rings is 4. The Hall–Kier alpha value is -5.51. The molecule has 0 saturated carbocycles. The van der Waals surface area contributed by atoms with E-state index in [1.807, 2.05) is 143 Å². The lowest BCUT2D eigenvalue weighted by atomic mass is 9.89. The Labute approximate surface area is 369 Å².